The van der Waals surface area contributed by atoms with Gasteiger partial charge in [0.05, 0.1) is 26.4 Å². The number of halogens is 4. The van der Waals surface area contributed by atoms with E-state index in [0.717, 1.165) is 12.0 Å². The van der Waals surface area contributed by atoms with E-state index < -0.39 is 0 Å². The minimum absolute atomic E-state index is 0.102. The van der Waals surface area contributed by atoms with Gasteiger partial charge >= 0.3 is 0 Å². The zero-order valence-corrected chi connectivity index (χ0v) is 17.7. The quantitative estimate of drug-likeness (QED) is 0.298. The fourth-order valence-electron chi connectivity index (χ4n) is 2.53. The van der Waals surface area contributed by atoms with Crippen molar-refractivity contribution in [3.63, 3.8) is 0 Å². The first-order chi connectivity index (χ1) is 12.9. The summed E-state index contributed by atoms with van der Waals surface area (Å²) in [6.07, 6.45) is 2.25. The Balaban J connectivity index is 1.83. The Morgan fingerprint density at radius 2 is 1.63 bits per heavy atom. The summed E-state index contributed by atoms with van der Waals surface area (Å²) in [5, 5.41) is 15.6. The van der Waals surface area contributed by atoms with Crippen LogP contribution in [0, 0.1) is 0 Å². The van der Waals surface area contributed by atoms with Gasteiger partial charge in [-0.1, -0.05) is 65.1 Å². The fourth-order valence-corrected chi connectivity index (χ4v) is 3.95. The zero-order valence-electron chi connectivity index (χ0n) is 13.9. The van der Waals surface area contributed by atoms with Gasteiger partial charge in [0.2, 0.25) is 0 Å². The lowest BCUT2D eigenvalue weighted by Gasteiger charge is -2.09. The van der Waals surface area contributed by atoms with Crippen LogP contribution in [0.25, 0.3) is 0 Å². The van der Waals surface area contributed by atoms with Crippen LogP contribution in [0.15, 0.2) is 64.2 Å². The summed E-state index contributed by atoms with van der Waals surface area (Å²) in [4.78, 5) is 0. The van der Waals surface area contributed by atoms with Gasteiger partial charge in [-0.3, -0.25) is 5.43 Å². The number of hydrogen-bond acceptors (Lipinski definition) is 3. The topological polar surface area (TPSA) is 44.6 Å². The number of nitrogens with zero attached hydrogens (tertiary/aromatic N) is 1. The first kappa shape index (κ1) is 20.0. The van der Waals surface area contributed by atoms with E-state index in [4.69, 9.17) is 34.8 Å². The summed E-state index contributed by atoms with van der Waals surface area (Å²) >= 11 is 21.5. The summed E-state index contributed by atoms with van der Waals surface area (Å²) in [5.41, 5.74) is 6.01. The van der Waals surface area contributed by atoms with Crippen molar-refractivity contribution in [3.8, 4) is 5.75 Å². The average Bonchev–Trinajstić information content (AvgIpc) is 2.62. The van der Waals surface area contributed by atoms with Crippen LogP contribution in [-0.4, -0.2) is 11.3 Å². The van der Waals surface area contributed by atoms with Gasteiger partial charge in [-0.05, 0) is 57.7 Å². The molecular weight excluding hydrogens is 470 g/mol. The maximum absolute atomic E-state index is 10.3. The van der Waals surface area contributed by atoms with Crippen molar-refractivity contribution in [3.05, 3.63) is 90.8 Å². The number of nitrogens with one attached hydrogen (secondary N) is 1. The van der Waals surface area contributed by atoms with Crippen LogP contribution in [0.2, 0.25) is 15.1 Å². The van der Waals surface area contributed by atoms with Gasteiger partial charge in [0.1, 0.15) is 5.75 Å². The molecule has 0 aromatic heterocycles. The molecule has 0 bridgehead atoms. The summed E-state index contributed by atoms with van der Waals surface area (Å²) in [5.74, 6) is 0.102. The zero-order chi connectivity index (χ0) is 19.4. The molecule has 0 saturated carbocycles. The molecule has 0 heterocycles. The molecule has 0 unspecified atom stereocenters. The number of phenols is 1. The van der Waals surface area contributed by atoms with Crippen LogP contribution in [0.4, 0.5) is 5.69 Å². The third-order valence-corrected chi connectivity index (χ3v) is 5.21. The van der Waals surface area contributed by atoms with Crippen molar-refractivity contribution in [1.82, 2.24) is 0 Å². The van der Waals surface area contributed by atoms with E-state index in [2.05, 4.69) is 38.6 Å². The van der Waals surface area contributed by atoms with Gasteiger partial charge in [0.25, 0.3) is 0 Å². The van der Waals surface area contributed by atoms with Gasteiger partial charge in [-0.15, -0.1) is 0 Å². The van der Waals surface area contributed by atoms with Crippen LogP contribution in [0.3, 0.4) is 0 Å². The second-order valence-electron chi connectivity index (χ2n) is 5.79. The molecule has 0 aliphatic rings. The summed E-state index contributed by atoms with van der Waals surface area (Å²) in [6.45, 7) is 0. The second-order valence-corrected chi connectivity index (χ2v) is 7.90. The molecule has 7 heteroatoms. The molecule has 3 nitrogen and oxygen atoms in total. The largest absolute Gasteiger partial charge is 0.506 e. The molecule has 27 heavy (non-hydrogen) atoms. The molecule has 3 aromatic carbocycles. The van der Waals surface area contributed by atoms with Crippen LogP contribution >= 0.6 is 50.7 Å². The highest BCUT2D eigenvalue weighted by molar-refractivity contribution is 9.10. The van der Waals surface area contributed by atoms with Crippen LogP contribution < -0.4 is 5.43 Å². The third-order valence-electron chi connectivity index (χ3n) is 3.79. The minimum atomic E-state index is 0.102. The Hall–Kier alpha value is -1.72. The Morgan fingerprint density at radius 3 is 2.30 bits per heavy atom. The number of hydrogen-bond donors (Lipinski definition) is 2. The average molecular weight is 485 g/mol. The van der Waals surface area contributed by atoms with Crippen molar-refractivity contribution in [2.45, 2.75) is 6.42 Å². The maximum atomic E-state index is 10.3. The van der Waals surface area contributed by atoms with Gasteiger partial charge in [0.15, 0.2) is 0 Å². The van der Waals surface area contributed by atoms with Crippen LogP contribution in [0.5, 0.6) is 5.75 Å². The summed E-state index contributed by atoms with van der Waals surface area (Å²) in [6, 6.07) is 17.0. The number of anilines is 1. The lowest BCUT2D eigenvalue weighted by molar-refractivity contribution is 0.471. The Bertz CT molecular complexity index is 971. The van der Waals surface area contributed by atoms with Crippen molar-refractivity contribution < 1.29 is 5.11 Å². The van der Waals surface area contributed by atoms with E-state index in [0.29, 0.717) is 30.8 Å². The number of phenolic OH excluding ortho intramolecular Hbond substituents is 1. The summed E-state index contributed by atoms with van der Waals surface area (Å²) < 4.78 is 0.597. The first-order valence-corrected chi connectivity index (χ1v) is 9.85. The molecule has 0 aliphatic heterocycles. The van der Waals surface area contributed by atoms with Crippen LogP contribution in [0.1, 0.15) is 16.7 Å². The summed E-state index contributed by atoms with van der Waals surface area (Å²) in [7, 11) is 0. The van der Waals surface area contributed by atoms with Gasteiger partial charge in [-0.2, -0.15) is 5.10 Å². The lowest BCUT2D eigenvalue weighted by Crippen LogP contribution is -1.95. The van der Waals surface area contributed by atoms with E-state index in [-0.39, 0.29) is 5.75 Å². The van der Waals surface area contributed by atoms with Crippen LogP contribution in [-0.2, 0) is 6.42 Å². The minimum Gasteiger partial charge on any atom is -0.506 e. The van der Waals surface area contributed by atoms with Crippen molar-refractivity contribution in [2.24, 2.45) is 5.10 Å². The molecule has 0 radical (unpaired) electrons. The molecule has 0 aliphatic carbocycles. The molecule has 0 fully saturated rings. The highest BCUT2D eigenvalue weighted by atomic mass is 79.9. The monoisotopic (exact) mass is 482 g/mol. The number of rotatable bonds is 5. The van der Waals surface area contributed by atoms with Gasteiger partial charge < -0.3 is 5.11 Å². The first-order valence-electron chi connectivity index (χ1n) is 7.93. The molecule has 2 N–H and O–H groups in total. The highest BCUT2D eigenvalue weighted by Crippen LogP contribution is 2.34. The van der Waals surface area contributed by atoms with Gasteiger partial charge in [0, 0.05) is 10.6 Å². The predicted octanol–water partition coefficient (Wildman–Crippen LogP) is 7.15. The number of hydrazone groups is 1. The Labute approximate surface area is 180 Å². The third kappa shape index (κ3) is 5.17. The fraction of sp³-hybridized carbons (Fsp3) is 0.0500. The second kappa shape index (κ2) is 8.98. The molecule has 0 saturated heterocycles. The van der Waals surface area contributed by atoms with E-state index in [1.165, 1.54) is 11.8 Å². The van der Waals surface area contributed by atoms with E-state index in [1.54, 1.807) is 12.1 Å². The molecule has 0 atom stereocenters. The lowest BCUT2D eigenvalue weighted by atomic mass is 10.0. The number of aromatic hydroxyl groups is 1. The normalized spacial score (nSPS) is 11.1. The maximum Gasteiger partial charge on any atom is 0.138 e. The predicted molar refractivity (Wildman–Crippen MR) is 118 cm³/mol. The molecule has 0 amide bonds. The number of benzene rings is 3. The van der Waals surface area contributed by atoms with E-state index >= 15 is 0 Å². The molecule has 3 rings (SSSR count). The van der Waals surface area contributed by atoms with Gasteiger partial charge in [-0.25, -0.2) is 0 Å². The Kier molecular flexibility index (Phi) is 6.66. The van der Waals surface area contributed by atoms with E-state index in [1.807, 2.05) is 30.3 Å². The SMILES string of the molecule is Oc1c(Br)cc(Cc2ccccc2)cc1/C=N/Nc1c(Cl)cc(Cl)cc1Cl. The highest BCUT2D eigenvalue weighted by Gasteiger charge is 2.09. The van der Waals surface area contributed by atoms with Crippen molar-refractivity contribution in [1.29, 1.82) is 0 Å². The van der Waals surface area contributed by atoms with E-state index in [9.17, 15) is 5.11 Å². The molecular formula is C20H14BrCl3N2O. The van der Waals surface area contributed by atoms with Crippen molar-refractivity contribution >= 4 is 62.6 Å². The molecule has 138 valence electrons. The van der Waals surface area contributed by atoms with Crippen molar-refractivity contribution in [2.75, 3.05) is 5.43 Å². The molecule has 3 aromatic rings. The Morgan fingerprint density at radius 1 is 0.963 bits per heavy atom. The smallest absolute Gasteiger partial charge is 0.138 e. The standard InChI is InChI=1S/C20H14BrCl3N2O/c21-16-8-13(6-12-4-2-1-3-5-12)7-14(20(16)27)11-25-26-19-17(23)9-15(22)10-18(19)24/h1-5,7-11,26-27H,6H2/b25-11+. The molecule has 0 spiro atoms.